The van der Waals surface area contributed by atoms with Crippen molar-refractivity contribution in [2.45, 2.75) is 51.6 Å². The first kappa shape index (κ1) is 16.3. The van der Waals surface area contributed by atoms with Gasteiger partial charge in [-0.3, -0.25) is 4.90 Å². The smallest absolute Gasteiger partial charge is 0.191 e. The first-order valence-corrected chi connectivity index (χ1v) is 9.17. The number of aliphatic imine (C=N–C) groups is 1. The fourth-order valence-electron chi connectivity index (χ4n) is 3.61. The maximum atomic E-state index is 6.20. The van der Waals surface area contributed by atoms with E-state index < -0.39 is 0 Å². The SMILES string of the molecule is NC(=NCc1ccccc1CN1CCCCC1)N1CCCCC1. The zero-order valence-corrected chi connectivity index (χ0v) is 14.2. The quantitative estimate of drug-likeness (QED) is 0.686. The van der Waals surface area contributed by atoms with Crippen molar-refractivity contribution in [3.63, 3.8) is 0 Å². The Labute approximate surface area is 140 Å². The molecule has 4 nitrogen and oxygen atoms in total. The van der Waals surface area contributed by atoms with Gasteiger partial charge in [-0.2, -0.15) is 0 Å². The van der Waals surface area contributed by atoms with Crippen molar-refractivity contribution in [2.75, 3.05) is 26.2 Å². The molecule has 0 spiro atoms. The molecule has 2 aliphatic rings. The first-order valence-electron chi connectivity index (χ1n) is 9.17. The first-order chi connectivity index (χ1) is 11.3. The average molecular weight is 314 g/mol. The van der Waals surface area contributed by atoms with Crippen molar-refractivity contribution in [3.8, 4) is 0 Å². The number of guanidine groups is 1. The molecule has 1 aromatic rings. The van der Waals surface area contributed by atoms with E-state index in [0.717, 1.165) is 25.6 Å². The molecule has 0 atom stereocenters. The van der Waals surface area contributed by atoms with Crippen LogP contribution in [0, 0.1) is 0 Å². The zero-order chi connectivity index (χ0) is 15.9. The topological polar surface area (TPSA) is 44.9 Å². The third kappa shape index (κ3) is 4.71. The molecule has 3 rings (SSSR count). The summed E-state index contributed by atoms with van der Waals surface area (Å²) < 4.78 is 0. The molecule has 0 radical (unpaired) electrons. The highest BCUT2D eigenvalue weighted by Gasteiger charge is 2.14. The van der Waals surface area contributed by atoms with E-state index in [2.05, 4.69) is 39.1 Å². The van der Waals surface area contributed by atoms with Gasteiger partial charge in [0, 0.05) is 19.6 Å². The normalized spacial score (nSPS) is 20.7. The van der Waals surface area contributed by atoms with Crippen molar-refractivity contribution in [1.29, 1.82) is 0 Å². The number of rotatable bonds is 4. The van der Waals surface area contributed by atoms with E-state index in [1.807, 2.05) is 0 Å². The summed E-state index contributed by atoms with van der Waals surface area (Å²) in [4.78, 5) is 9.48. The Morgan fingerprint density at radius 3 is 2.17 bits per heavy atom. The van der Waals surface area contributed by atoms with Crippen molar-refractivity contribution in [3.05, 3.63) is 35.4 Å². The van der Waals surface area contributed by atoms with E-state index in [9.17, 15) is 0 Å². The van der Waals surface area contributed by atoms with Crippen LogP contribution in [-0.2, 0) is 13.1 Å². The predicted octanol–water partition coefficient (Wildman–Crippen LogP) is 2.97. The molecule has 2 N–H and O–H groups in total. The minimum atomic E-state index is 0.701. The highest BCUT2D eigenvalue weighted by atomic mass is 15.2. The molecule has 4 heteroatoms. The summed E-state index contributed by atoms with van der Waals surface area (Å²) in [6, 6.07) is 8.70. The average Bonchev–Trinajstić information content (AvgIpc) is 2.62. The molecule has 0 unspecified atom stereocenters. The lowest BCUT2D eigenvalue weighted by Crippen LogP contribution is -2.40. The molecule has 0 aliphatic carbocycles. The van der Waals surface area contributed by atoms with Crippen LogP contribution in [0.15, 0.2) is 29.3 Å². The minimum Gasteiger partial charge on any atom is -0.370 e. The van der Waals surface area contributed by atoms with Gasteiger partial charge >= 0.3 is 0 Å². The van der Waals surface area contributed by atoms with Gasteiger partial charge in [-0.05, 0) is 56.3 Å². The van der Waals surface area contributed by atoms with Crippen LogP contribution in [0.1, 0.15) is 49.7 Å². The Morgan fingerprint density at radius 2 is 1.48 bits per heavy atom. The predicted molar refractivity (Wildman–Crippen MR) is 96.3 cm³/mol. The molecule has 1 aromatic carbocycles. The molecule has 2 heterocycles. The van der Waals surface area contributed by atoms with E-state index in [-0.39, 0.29) is 0 Å². The monoisotopic (exact) mass is 314 g/mol. The Kier molecular flexibility index (Phi) is 5.92. The van der Waals surface area contributed by atoms with E-state index in [1.165, 1.54) is 62.7 Å². The number of hydrogen-bond acceptors (Lipinski definition) is 2. The van der Waals surface area contributed by atoms with E-state index in [4.69, 9.17) is 5.73 Å². The highest BCUT2D eigenvalue weighted by Crippen LogP contribution is 2.17. The van der Waals surface area contributed by atoms with Gasteiger partial charge in [0.1, 0.15) is 0 Å². The van der Waals surface area contributed by atoms with Gasteiger partial charge in [-0.1, -0.05) is 30.7 Å². The van der Waals surface area contributed by atoms with Crippen molar-refractivity contribution >= 4 is 5.96 Å². The number of nitrogens with zero attached hydrogens (tertiary/aromatic N) is 3. The second-order valence-electron chi connectivity index (χ2n) is 6.83. The van der Waals surface area contributed by atoms with Gasteiger partial charge in [-0.25, -0.2) is 4.99 Å². The Balaban J connectivity index is 1.62. The fourth-order valence-corrected chi connectivity index (χ4v) is 3.61. The third-order valence-corrected chi connectivity index (χ3v) is 5.05. The van der Waals surface area contributed by atoms with Crippen LogP contribution in [0.2, 0.25) is 0 Å². The second kappa shape index (κ2) is 8.34. The second-order valence-corrected chi connectivity index (χ2v) is 6.83. The van der Waals surface area contributed by atoms with Gasteiger partial charge in [0.25, 0.3) is 0 Å². The van der Waals surface area contributed by atoms with Crippen LogP contribution >= 0.6 is 0 Å². The molecular weight excluding hydrogens is 284 g/mol. The molecule has 23 heavy (non-hydrogen) atoms. The van der Waals surface area contributed by atoms with Crippen LogP contribution < -0.4 is 5.73 Å². The molecule has 2 fully saturated rings. The summed E-state index contributed by atoms with van der Waals surface area (Å²) in [5.74, 6) is 0.720. The van der Waals surface area contributed by atoms with Crippen LogP contribution in [0.25, 0.3) is 0 Å². The molecule has 126 valence electrons. The van der Waals surface area contributed by atoms with E-state index in [0.29, 0.717) is 6.54 Å². The Morgan fingerprint density at radius 1 is 0.870 bits per heavy atom. The van der Waals surface area contributed by atoms with Crippen LogP contribution in [0.4, 0.5) is 0 Å². The van der Waals surface area contributed by atoms with Gasteiger partial charge in [0.15, 0.2) is 5.96 Å². The minimum absolute atomic E-state index is 0.701. The summed E-state index contributed by atoms with van der Waals surface area (Å²) in [5.41, 5.74) is 8.92. The van der Waals surface area contributed by atoms with Crippen molar-refractivity contribution in [2.24, 2.45) is 10.7 Å². The number of benzene rings is 1. The third-order valence-electron chi connectivity index (χ3n) is 5.05. The van der Waals surface area contributed by atoms with Crippen LogP contribution in [0.3, 0.4) is 0 Å². The lowest BCUT2D eigenvalue weighted by Gasteiger charge is -2.28. The Bertz CT molecular complexity index is 514. The van der Waals surface area contributed by atoms with Gasteiger partial charge < -0.3 is 10.6 Å². The van der Waals surface area contributed by atoms with Crippen molar-refractivity contribution < 1.29 is 0 Å². The number of piperidine rings is 2. The summed E-state index contributed by atoms with van der Waals surface area (Å²) in [5, 5.41) is 0. The maximum absolute atomic E-state index is 6.20. The van der Waals surface area contributed by atoms with Crippen LogP contribution in [0.5, 0.6) is 0 Å². The molecule has 0 bridgehead atoms. The molecule has 0 amide bonds. The molecular formula is C19H30N4. The van der Waals surface area contributed by atoms with Crippen LogP contribution in [-0.4, -0.2) is 41.9 Å². The number of nitrogens with two attached hydrogens (primary N) is 1. The number of likely N-dealkylation sites (tertiary alicyclic amines) is 2. The number of hydrogen-bond donors (Lipinski definition) is 1. The van der Waals surface area contributed by atoms with E-state index >= 15 is 0 Å². The Hall–Kier alpha value is -1.55. The molecule has 0 aromatic heterocycles. The van der Waals surface area contributed by atoms with Gasteiger partial charge in [0.2, 0.25) is 0 Å². The summed E-state index contributed by atoms with van der Waals surface area (Å²) >= 11 is 0. The lowest BCUT2D eigenvalue weighted by atomic mass is 10.1. The maximum Gasteiger partial charge on any atom is 0.191 e. The van der Waals surface area contributed by atoms with Gasteiger partial charge in [-0.15, -0.1) is 0 Å². The molecule has 0 saturated carbocycles. The van der Waals surface area contributed by atoms with Gasteiger partial charge in [0.05, 0.1) is 6.54 Å². The summed E-state index contributed by atoms with van der Waals surface area (Å²) in [6.45, 7) is 6.33. The standard InChI is InChI=1S/C19H30N4/c20-19(23-13-7-2-8-14-23)21-15-17-9-3-4-10-18(17)16-22-11-5-1-6-12-22/h3-4,9-10H,1-2,5-8,11-16H2,(H2,20,21). The van der Waals surface area contributed by atoms with Crippen molar-refractivity contribution in [1.82, 2.24) is 9.80 Å². The summed E-state index contributed by atoms with van der Waals surface area (Å²) in [7, 11) is 0. The lowest BCUT2D eigenvalue weighted by molar-refractivity contribution is 0.220. The largest absolute Gasteiger partial charge is 0.370 e. The summed E-state index contributed by atoms with van der Waals surface area (Å²) in [6.07, 6.45) is 7.85. The molecule has 2 aliphatic heterocycles. The molecule has 2 saturated heterocycles. The zero-order valence-electron chi connectivity index (χ0n) is 14.2. The fraction of sp³-hybridized carbons (Fsp3) is 0.632. The highest BCUT2D eigenvalue weighted by molar-refractivity contribution is 5.78. The van der Waals surface area contributed by atoms with E-state index in [1.54, 1.807) is 0 Å².